The number of hydrogen-bond donors (Lipinski definition) is 1. The number of nitrogens with zero attached hydrogens (tertiary/aromatic N) is 2. The first-order valence-electron chi connectivity index (χ1n) is 8.36. The summed E-state index contributed by atoms with van der Waals surface area (Å²) in [6.07, 6.45) is 0. The third-order valence-electron chi connectivity index (χ3n) is 4.19. The molecule has 0 spiro atoms. The Morgan fingerprint density at radius 2 is 1.52 bits per heavy atom. The number of aromatic nitrogens is 2. The highest BCUT2D eigenvalue weighted by molar-refractivity contribution is 5.92. The molecule has 0 aliphatic rings. The largest absolute Gasteiger partial charge is 0.340 e. The summed E-state index contributed by atoms with van der Waals surface area (Å²) in [7, 11) is 0. The van der Waals surface area contributed by atoms with Crippen LogP contribution < -0.4 is 5.32 Å². The molecule has 0 aliphatic carbocycles. The molecule has 0 amide bonds. The molecule has 0 saturated carbocycles. The molecule has 122 valence electrons. The minimum absolute atomic E-state index is 0.730. The lowest BCUT2D eigenvalue weighted by atomic mass is 10.1. The Hall–Kier alpha value is -3.20. The van der Waals surface area contributed by atoms with Crippen LogP contribution in [0.15, 0.2) is 72.8 Å². The summed E-state index contributed by atoms with van der Waals surface area (Å²) < 4.78 is 0. The molecule has 0 bridgehead atoms. The molecule has 1 heterocycles. The van der Waals surface area contributed by atoms with Gasteiger partial charge in [0.2, 0.25) is 0 Å². The number of para-hydroxylation sites is 1. The summed E-state index contributed by atoms with van der Waals surface area (Å²) >= 11 is 0. The number of benzene rings is 3. The Morgan fingerprint density at radius 3 is 2.32 bits per heavy atom. The molecular formula is C22H19N3. The monoisotopic (exact) mass is 325 g/mol. The van der Waals surface area contributed by atoms with Gasteiger partial charge >= 0.3 is 0 Å². The first-order chi connectivity index (χ1) is 12.2. The van der Waals surface area contributed by atoms with Gasteiger partial charge < -0.3 is 5.32 Å². The fraction of sp³-hybridized carbons (Fsp3) is 0.0909. The fourth-order valence-electron chi connectivity index (χ4n) is 2.86. The van der Waals surface area contributed by atoms with E-state index in [0.717, 1.165) is 33.8 Å². The van der Waals surface area contributed by atoms with Crippen LogP contribution in [0, 0.1) is 13.8 Å². The molecule has 0 radical (unpaired) electrons. The van der Waals surface area contributed by atoms with Crippen molar-refractivity contribution in [3.05, 3.63) is 83.9 Å². The van der Waals surface area contributed by atoms with Crippen LogP contribution in [0.4, 0.5) is 11.5 Å². The van der Waals surface area contributed by atoms with Gasteiger partial charge in [-0.15, -0.1) is 0 Å². The predicted molar refractivity (Wildman–Crippen MR) is 104 cm³/mol. The summed E-state index contributed by atoms with van der Waals surface area (Å²) in [4.78, 5) is 9.55. The van der Waals surface area contributed by atoms with E-state index in [1.54, 1.807) is 0 Å². The lowest BCUT2D eigenvalue weighted by molar-refractivity contribution is 1.22. The third-order valence-corrected chi connectivity index (χ3v) is 4.19. The van der Waals surface area contributed by atoms with Crippen LogP contribution in [0.25, 0.3) is 22.3 Å². The third kappa shape index (κ3) is 3.22. The highest BCUT2D eigenvalue weighted by atomic mass is 15.0. The van der Waals surface area contributed by atoms with Gasteiger partial charge in [0, 0.05) is 16.6 Å². The Balaban J connectivity index is 1.85. The smallest absolute Gasteiger partial charge is 0.162 e. The molecule has 0 saturated heterocycles. The Bertz CT molecular complexity index is 1040. The Labute approximate surface area is 147 Å². The molecule has 1 aromatic heterocycles. The normalized spacial score (nSPS) is 10.8. The molecule has 4 rings (SSSR count). The average Bonchev–Trinajstić information content (AvgIpc) is 2.62. The summed E-state index contributed by atoms with van der Waals surface area (Å²) in [5.74, 6) is 1.56. The molecule has 0 fully saturated rings. The summed E-state index contributed by atoms with van der Waals surface area (Å²) in [5.41, 5.74) is 5.41. The minimum Gasteiger partial charge on any atom is -0.340 e. The van der Waals surface area contributed by atoms with Crippen LogP contribution in [0.5, 0.6) is 0 Å². The predicted octanol–water partition coefficient (Wildman–Crippen LogP) is 5.66. The van der Waals surface area contributed by atoms with Crippen LogP contribution in [0.3, 0.4) is 0 Å². The van der Waals surface area contributed by atoms with E-state index >= 15 is 0 Å². The first-order valence-corrected chi connectivity index (χ1v) is 8.36. The number of rotatable bonds is 3. The maximum absolute atomic E-state index is 4.80. The topological polar surface area (TPSA) is 37.8 Å². The van der Waals surface area contributed by atoms with Gasteiger partial charge in [0.15, 0.2) is 5.82 Å². The van der Waals surface area contributed by atoms with Crippen molar-refractivity contribution in [3.8, 4) is 11.4 Å². The minimum atomic E-state index is 0.730. The van der Waals surface area contributed by atoms with Crippen molar-refractivity contribution in [2.24, 2.45) is 0 Å². The molecule has 3 nitrogen and oxygen atoms in total. The van der Waals surface area contributed by atoms with Crippen molar-refractivity contribution in [3.63, 3.8) is 0 Å². The zero-order valence-electron chi connectivity index (χ0n) is 14.3. The van der Waals surface area contributed by atoms with Gasteiger partial charge in [-0.3, -0.25) is 0 Å². The number of fused-ring (bicyclic) bond motifs is 1. The summed E-state index contributed by atoms with van der Waals surface area (Å²) in [6, 6.07) is 24.7. The van der Waals surface area contributed by atoms with Crippen molar-refractivity contribution in [1.82, 2.24) is 9.97 Å². The van der Waals surface area contributed by atoms with E-state index in [0.29, 0.717) is 0 Å². The quantitative estimate of drug-likeness (QED) is 0.528. The second kappa shape index (κ2) is 6.36. The second-order valence-electron chi connectivity index (χ2n) is 6.27. The van der Waals surface area contributed by atoms with Crippen molar-refractivity contribution in [1.29, 1.82) is 0 Å². The van der Waals surface area contributed by atoms with Crippen LogP contribution in [-0.4, -0.2) is 9.97 Å². The van der Waals surface area contributed by atoms with E-state index in [2.05, 4.69) is 61.6 Å². The summed E-state index contributed by atoms with van der Waals surface area (Å²) in [5, 5.41) is 4.47. The van der Waals surface area contributed by atoms with Crippen LogP contribution in [-0.2, 0) is 0 Å². The van der Waals surface area contributed by atoms with E-state index < -0.39 is 0 Å². The molecular weight excluding hydrogens is 306 g/mol. The number of anilines is 2. The van der Waals surface area contributed by atoms with Gasteiger partial charge in [0.1, 0.15) is 5.82 Å². The van der Waals surface area contributed by atoms with E-state index in [1.807, 2.05) is 30.3 Å². The van der Waals surface area contributed by atoms with Crippen LogP contribution >= 0.6 is 0 Å². The second-order valence-corrected chi connectivity index (χ2v) is 6.27. The zero-order chi connectivity index (χ0) is 17.2. The zero-order valence-corrected chi connectivity index (χ0v) is 14.3. The standard InChI is InChI=1S/C22H19N3/c1-15-10-12-17(13-11-15)21-24-20-9-4-3-8-19(20)22(25-21)23-18-7-5-6-16(2)14-18/h3-14H,1-2H3,(H,23,24,25). The molecule has 0 aliphatic heterocycles. The molecule has 3 heteroatoms. The van der Waals surface area contributed by atoms with E-state index in [4.69, 9.17) is 9.97 Å². The Morgan fingerprint density at radius 1 is 0.720 bits per heavy atom. The SMILES string of the molecule is Cc1ccc(-c2nc(Nc3cccc(C)c3)c3ccccc3n2)cc1. The van der Waals surface area contributed by atoms with E-state index in [9.17, 15) is 0 Å². The molecule has 25 heavy (non-hydrogen) atoms. The highest BCUT2D eigenvalue weighted by Crippen LogP contribution is 2.27. The maximum atomic E-state index is 4.80. The van der Waals surface area contributed by atoms with Gasteiger partial charge in [0.25, 0.3) is 0 Å². The van der Waals surface area contributed by atoms with Gasteiger partial charge in [-0.05, 0) is 43.7 Å². The van der Waals surface area contributed by atoms with Gasteiger partial charge in [-0.25, -0.2) is 9.97 Å². The van der Waals surface area contributed by atoms with Crippen molar-refractivity contribution >= 4 is 22.4 Å². The highest BCUT2D eigenvalue weighted by Gasteiger charge is 2.09. The van der Waals surface area contributed by atoms with Crippen LogP contribution in [0.1, 0.15) is 11.1 Å². The van der Waals surface area contributed by atoms with Crippen molar-refractivity contribution < 1.29 is 0 Å². The lowest BCUT2D eigenvalue weighted by Crippen LogP contribution is -1.99. The van der Waals surface area contributed by atoms with Crippen LogP contribution in [0.2, 0.25) is 0 Å². The average molecular weight is 325 g/mol. The maximum Gasteiger partial charge on any atom is 0.162 e. The fourth-order valence-corrected chi connectivity index (χ4v) is 2.86. The van der Waals surface area contributed by atoms with E-state index in [-0.39, 0.29) is 0 Å². The first kappa shape index (κ1) is 15.3. The number of aryl methyl sites for hydroxylation is 2. The van der Waals surface area contributed by atoms with E-state index in [1.165, 1.54) is 11.1 Å². The molecule has 3 aromatic carbocycles. The molecule has 1 N–H and O–H groups in total. The Kier molecular flexibility index (Phi) is 3.90. The number of nitrogens with one attached hydrogen (secondary N) is 1. The molecule has 0 unspecified atom stereocenters. The number of hydrogen-bond acceptors (Lipinski definition) is 3. The van der Waals surface area contributed by atoms with Crippen molar-refractivity contribution in [2.45, 2.75) is 13.8 Å². The van der Waals surface area contributed by atoms with Gasteiger partial charge in [0.05, 0.1) is 5.52 Å². The van der Waals surface area contributed by atoms with Crippen molar-refractivity contribution in [2.75, 3.05) is 5.32 Å². The lowest BCUT2D eigenvalue weighted by Gasteiger charge is -2.11. The summed E-state index contributed by atoms with van der Waals surface area (Å²) in [6.45, 7) is 4.16. The molecule has 0 atom stereocenters. The molecule has 4 aromatic rings. The van der Waals surface area contributed by atoms with Gasteiger partial charge in [-0.1, -0.05) is 54.1 Å². The van der Waals surface area contributed by atoms with Gasteiger partial charge in [-0.2, -0.15) is 0 Å².